The molecule has 1 fully saturated rings. The van der Waals surface area contributed by atoms with E-state index < -0.39 is 0 Å². The molecular formula is C26H27ClN4O2. The summed E-state index contributed by atoms with van der Waals surface area (Å²) in [6.07, 6.45) is 3.90. The molecule has 7 heteroatoms. The van der Waals surface area contributed by atoms with Gasteiger partial charge in [0.15, 0.2) is 5.82 Å². The quantitative estimate of drug-likeness (QED) is 0.322. The second-order valence-electron chi connectivity index (χ2n) is 8.56. The molecule has 0 saturated heterocycles. The van der Waals surface area contributed by atoms with Gasteiger partial charge in [-0.1, -0.05) is 60.8 Å². The standard InChI is InChI=1S/C26H27ClN4O2/c27-19-10-6-11-21(13-19)33-16-20-14-22-25(28-15-18-9-4-5-12-23(18)32)30-24(31-26(22)29-20)17-7-2-1-3-8-17/h1-3,6-8,10-11,13-14,18,23,32H,4-5,9,12,15-16H2,(H2,28,29,30,31)/t18-,23+/m0/s1. The summed E-state index contributed by atoms with van der Waals surface area (Å²) >= 11 is 6.06. The Kier molecular flexibility index (Phi) is 6.46. The summed E-state index contributed by atoms with van der Waals surface area (Å²) < 4.78 is 5.91. The lowest BCUT2D eigenvalue weighted by molar-refractivity contribution is 0.0763. The van der Waals surface area contributed by atoms with Crippen LogP contribution in [0.2, 0.25) is 5.02 Å². The van der Waals surface area contributed by atoms with Crippen molar-refractivity contribution in [2.75, 3.05) is 11.9 Å². The Labute approximate surface area is 198 Å². The van der Waals surface area contributed by atoms with Crippen LogP contribution < -0.4 is 10.1 Å². The minimum atomic E-state index is -0.259. The van der Waals surface area contributed by atoms with Crippen molar-refractivity contribution in [3.8, 4) is 17.1 Å². The molecule has 0 radical (unpaired) electrons. The first-order valence-electron chi connectivity index (χ1n) is 11.4. The highest BCUT2D eigenvalue weighted by atomic mass is 35.5. The highest BCUT2D eigenvalue weighted by Gasteiger charge is 2.23. The monoisotopic (exact) mass is 462 g/mol. The van der Waals surface area contributed by atoms with Gasteiger partial charge in [0.25, 0.3) is 0 Å². The first-order chi connectivity index (χ1) is 16.2. The van der Waals surface area contributed by atoms with Crippen LogP contribution in [0.15, 0.2) is 60.7 Å². The smallest absolute Gasteiger partial charge is 0.163 e. The van der Waals surface area contributed by atoms with Crippen molar-refractivity contribution >= 4 is 28.5 Å². The Balaban J connectivity index is 1.43. The fraction of sp³-hybridized carbons (Fsp3) is 0.308. The normalized spacial score (nSPS) is 18.4. The number of nitrogens with one attached hydrogen (secondary N) is 2. The van der Waals surface area contributed by atoms with E-state index in [2.05, 4.69) is 10.3 Å². The number of aromatic nitrogens is 3. The van der Waals surface area contributed by atoms with Gasteiger partial charge in [-0.3, -0.25) is 0 Å². The summed E-state index contributed by atoms with van der Waals surface area (Å²) in [5.74, 6) is 2.36. The molecule has 170 valence electrons. The van der Waals surface area contributed by atoms with Crippen molar-refractivity contribution in [1.82, 2.24) is 15.0 Å². The maximum Gasteiger partial charge on any atom is 0.163 e. The van der Waals surface area contributed by atoms with Crippen LogP contribution in [0, 0.1) is 5.92 Å². The van der Waals surface area contributed by atoms with Gasteiger partial charge in [0.1, 0.15) is 23.8 Å². The van der Waals surface area contributed by atoms with E-state index in [-0.39, 0.29) is 12.0 Å². The molecule has 1 aliphatic rings. The third-order valence-electron chi connectivity index (χ3n) is 6.17. The van der Waals surface area contributed by atoms with Crippen molar-refractivity contribution in [3.05, 3.63) is 71.4 Å². The number of benzene rings is 2. The van der Waals surface area contributed by atoms with E-state index in [1.54, 1.807) is 6.07 Å². The summed E-state index contributed by atoms with van der Waals surface area (Å²) in [6.45, 7) is 1.04. The lowest BCUT2D eigenvalue weighted by Crippen LogP contribution is -2.30. The summed E-state index contributed by atoms with van der Waals surface area (Å²) in [4.78, 5) is 13.0. The molecule has 0 aliphatic heterocycles. The molecule has 2 aromatic carbocycles. The molecule has 2 heterocycles. The minimum Gasteiger partial charge on any atom is -0.487 e. The molecule has 1 aliphatic carbocycles. The third kappa shape index (κ3) is 5.13. The molecule has 1 saturated carbocycles. The predicted octanol–water partition coefficient (Wildman–Crippen LogP) is 5.82. The number of anilines is 1. The number of halogens is 1. The molecule has 6 nitrogen and oxygen atoms in total. The van der Waals surface area contributed by atoms with Gasteiger partial charge in [0, 0.05) is 23.0 Å². The van der Waals surface area contributed by atoms with Gasteiger partial charge in [0.2, 0.25) is 0 Å². The molecule has 0 unspecified atom stereocenters. The van der Waals surface area contributed by atoms with Crippen molar-refractivity contribution in [3.63, 3.8) is 0 Å². The summed E-state index contributed by atoms with van der Waals surface area (Å²) in [5, 5.41) is 15.4. The van der Waals surface area contributed by atoms with Gasteiger partial charge in [0.05, 0.1) is 17.2 Å². The van der Waals surface area contributed by atoms with E-state index in [0.717, 1.165) is 53.8 Å². The van der Waals surface area contributed by atoms with Gasteiger partial charge in [-0.15, -0.1) is 0 Å². The van der Waals surface area contributed by atoms with Crippen LogP contribution in [0.3, 0.4) is 0 Å². The average molecular weight is 463 g/mol. The highest BCUT2D eigenvalue weighted by molar-refractivity contribution is 6.30. The Morgan fingerprint density at radius 1 is 1.03 bits per heavy atom. The zero-order chi connectivity index (χ0) is 22.6. The van der Waals surface area contributed by atoms with E-state index in [0.29, 0.717) is 29.7 Å². The number of fused-ring (bicyclic) bond motifs is 1. The number of hydrogen-bond donors (Lipinski definition) is 3. The number of H-pyrrole nitrogens is 1. The molecule has 2 aromatic heterocycles. The SMILES string of the molecule is O[C@@H]1CCCC[C@H]1CNc1nc(-c2ccccc2)nc2[nH]c(COc3cccc(Cl)c3)cc12. The van der Waals surface area contributed by atoms with Gasteiger partial charge < -0.3 is 20.1 Å². The molecule has 2 atom stereocenters. The molecule has 33 heavy (non-hydrogen) atoms. The van der Waals surface area contributed by atoms with E-state index in [9.17, 15) is 5.11 Å². The number of nitrogens with zero attached hydrogens (tertiary/aromatic N) is 2. The molecule has 0 amide bonds. The maximum absolute atomic E-state index is 10.4. The highest BCUT2D eigenvalue weighted by Crippen LogP contribution is 2.29. The second-order valence-corrected chi connectivity index (χ2v) is 8.99. The van der Waals surface area contributed by atoms with Crippen LogP contribution >= 0.6 is 11.6 Å². The lowest BCUT2D eigenvalue weighted by Gasteiger charge is -2.27. The summed E-state index contributed by atoms with van der Waals surface area (Å²) in [5.41, 5.74) is 2.59. The van der Waals surface area contributed by atoms with E-state index in [1.807, 2.05) is 54.6 Å². The zero-order valence-electron chi connectivity index (χ0n) is 18.3. The van der Waals surface area contributed by atoms with Gasteiger partial charge in [-0.25, -0.2) is 9.97 Å². The van der Waals surface area contributed by atoms with E-state index >= 15 is 0 Å². The van der Waals surface area contributed by atoms with Crippen molar-refractivity contribution in [2.45, 2.75) is 38.4 Å². The van der Waals surface area contributed by atoms with Crippen LogP contribution in [0.4, 0.5) is 5.82 Å². The molecule has 3 N–H and O–H groups in total. The molecule has 5 rings (SSSR count). The average Bonchev–Trinajstić information content (AvgIpc) is 3.26. The number of rotatable bonds is 7. The maximum atomic E-state index is 10.4. The van der Waals surface area contributed by atoms with Crippen LogP contribution in [-0.2, 0) is 6.61 Å². The van der Waals surface area contributed by atoms with Crippen molar-refractivity contribution in [2.24, 2.45) is 5.92 Å². The first kappa shape index (κ1) is 21.7. The topological polar surface area (TPSA) is 83.1 Å². The lowest BCUT2D eigenvalue weighted by atomic mass is 9.86. The Morgan fingerprint density at radius 3 is 2.70 bits per heavy atom. The zero-order valence-corrected chi connectivity index (χ0v) is 19.1. The number of aromatic amines is 1. The first-order valence-corrected chi connectivity index (χ1v) is 11.8. The van der Waals surface area contributed by atoms with Crippen LogP contribution in [0.25, 0.3) is 22.4 Å². The Bertz CT molecular complexity index is 1230. The molecule has 0 bridgehead atoms. The minimum absolute atomic E-state index is 0.230. The predicted molar refractivity (Wildman–Crippen MR) is 132 cm³/mol. The summed E-state index contributed by atoms with van der Waals surface area (Å²) in [6, 6.07) is 19.3. The van der Waals surface area contributed by atoms with Gasteiger partial charge >= 0.3 is 0 Å². The van der Waals surface area contributed by atoms with Gasteiger partial charge in [-0.05, 0) is 37.1 Å². The van der Waals surface area contributed by atoms with Crippen LogP contribution in [-0.4, -0.2) is 32.7 Å². The Hall–Kier alpha value is -3.09. The largest absolute Gasteiger partial charge is 0.487 e. The van der Waals surface area contributed by atoms with E-state index in [4.69, 9.17) is 26.3 Å². The van der Waals surface area contributed by atoms with Crippen LogP contribution in [0.1, 0.15) is 31.4 Å². The number of aliphatic hydroxyl groups excluding tert-OH is 1. The molecule has 0 spiro atoms. The number of ether oxygens (including phenoxy) is 1. The van der Waals surface area contributed by atoms with Gasteiger partial charge in [-0.2, -0.15) is 0 Å². The molecular weight excluding hydrogens is 436 g/mol. The number of aliphatic hydroxyl groups is 1. The third-order valence-corrected chi connectivity index (χ3v) is 6.40. The van der Waals surface area contributed by atoms with E-state index in [1.165, 1.54) is 0 Å². The molecule has 4 aromatic rings. The fourth-order valence-corrected chi connectivity index (χ4v) is 4.54. The second kappa shape index (κ2) is 9.81. The fourth-order valence-electron chi connectivity index (χ4n) is 4.36. The van der Waals surface area contributed by atoms with Crippen LogP contribution in [0.5, 0.6) is 5.75 Å². The Morgan fingerprint density at radius 2 is 1.88 bits per heavy atom. The number of hydrogen-bond acceptors (Lipinski definition) is 5. The van der Waals surface area contributed by atoms with Crippen molar-refractivity contribution in [1.29, 1.82) is 0 Å². The van der Waals surface area contributed by atoms with Crippen molar-refractivity contribution < 1.29 is 9.84 Å². The summed E-state index contributed by atoms with van der Waals surface area (Å²) in [7, 11) is 0.